The van der Waals surface area contributed by atoms with Crippen molar-refractivity contribution in [2.75, 3.05) is 0 Å². The first-order valence-electron chi connectivity index (χ1n) is 5.14. The van der Waals surface area contributed by atoms with E-state index in [0.29, 0.717) is 11.3 Å². The van der Waals surface area contributed by atoms with Gasteiger partial charge in [0, 0.05) is 17.0 Å². The molecule has 2 rings (SSSR count). The first-order chi connectivity index (χ1) is 8.16. The smallest absolute Gasteiger partial charge is 0.131 e. The second kappa shape index (κ2) is 5.25. The van der Waals surface area contributed by atoms with E-state index in [9.17, 15) is 9.50 Å². The molecule has 0 aliphatic carbocycles. The monoisotopic (exact) mass is 253 g/mol. The number of aliphatic hydroxyl groups excluding tert-OH is 1. The van der Waals surface area contributed by atoms with Crippen LogP contribution in [0.2, 0.25) is 0 Å². The van der Waals surface area contributed by atoms with Crippen molar-refractivity contribution >= 4 is 11.3 Å². The molecule has 2 aromatic rings. The number of hydrogen-bond donors (Lipinski definition) is 1. The highest BCUT2D eigenvalue weighted by molar-refractivity contribution is 7.07. The van der Waals surface area contributed by atoms with E-state index < -0.39 is 6.10 Å². The summed E-state index contributed by atoms with van der Waals surface area (Å²) < 4.78 is 18.6. The molecular formula is C12H12FNO2S. The average Bonchev–Trinajstić information content (AvgIpc) is 2.78. The number of ether oxygens (including phenoxy) is 1. The Hall–Kier alpha value is -1.46. The predicted molar refractivity (Wildman–Crippen MR) is 63.5 cm³/mol. The number of benzene rings is 1. The zero-order valence-corrected chi connectivity index (χ0v) is 10.1. The Labute approximate surface area is 103 Å². The lowest BCUT2D eigenvalue weighted by atomic mass is 10.1. The Morgan fingerprint density at radius 3 is 3.00 bits per heavy atom. The lowest BCUT2D eigenvalue weighted by molar-refractivity contribution is 0.189. The van der Waals surface area contributed by atoms with Crippen molar-refractivity contribution in [1.82, 2.24) is 4.98 Å². The lowest BCUT2D eigenvalue weighted by Gasteiger charge is -2.12. The molecule has 0 saturated carbocycles. The van der Waals surface area contributed by atoms with E-state index in [4.69, 9.17) is 4.74 Å². The third-order valence-corrected chi connectivity index (χ3v) is 2.92. The van der Waals surface area contributed by atoms with Crippen molar-refractivity contribution in [3.8, 4) is 5.75 Å². The summed E-state index contributed by atoms with van der Waals surface area (Å²) in [6.07, 6.45) is -0.693. The highest BCUT2D eigenvalue weighted by Crippen LogP contribution is 2.26. The van der Waals surface area contributed by atoms with Crippen molar-refractivity contribution in [1.29, 1.82) is 0 Å². The van der Waals surface area contributed by atoms with Gasteiger partial charge in [-0.3, -0.25) is 0 Å². The van der Waals surface area contributed by atoms with Crippen LogP contribution in [-0.2, 0) is 6.61 Å². The second-order valence-corrected chi connectivity index (χ2v) is 4.35. The fraction of sp³-hybridized carbons (Fsp3) is 0.250. The number of thiazole rings is 1. The average molecular weight is 253 g/mol. The summed E-state index contributed by atoms with van der Waals surface area (Å²) in [5, 5.41) is 11.4. The molecule has 0 saturated heterocycles. The molecule has 0 radical (unpaired) electrons. The molecule has 1 unspecified atom stereocenters. The van der Waals surface area contributed by atoms with Gasteiger partial charge >= 0.3 is 0 Å². The number of halogens is 1. The molecule has 1 aromatic carbocycles. The van der Waals surface area contributed by atoms with E-state index >= 15 is 0 Å². The molecule has 0 bridgehead atoms. The van der Waals surface area contributed by atoms with Crippen molar-refractivity contribution in [3.63, 3.8) is 0 Å². The molecule has 0 fully saturated rings. The Kier molecular flexibility index (Phi) is 3.71. The Balaban J connectivity index is 2.16. The van der Waals surface area contributed by atoms with Gasteiger partial charge in [-0.25, -0.2) is 9.37 Å². The Bertz CT molecular complexity index is 485. The summed E-state index contributed by atoms with van der Waals surface area (Å²) >= 11 is 1.47. The SMILES string of the molecule is CC(O)c1ccc(F)cc1OCc1cscn1. The van der Waals surface area contributed by atoms with E-state index in [1.807, 2.05) is 5.38 Å². The minimum Gasteiger partial charge on any atom is -0.487 e. The van der Waals surface area contributed by atoms with Crippen LogP contribution in [0.3, 0.4) is 0 Å². The number of rotatable bonds is 4. The van der Waals surface area contributed by atoms with Crippen molar-refractivity contribution in [2.24, 2.45) is 0 Å². The van der Waals surface area contributed by atoms with Crippen LogP contribution in [0.5, 0.6) is 5.75 Å². The summed E-state index contributed by atoms with van der Waals surface area (Å²) in [6.45, 7) is 1.88. The summed E-state index contributed by atoms with van der Waals surface area (Å²) in [6, 6.07) is 4.10. The van der Waals surface area contributed by atoms with Gasteiger partial charge in [-0.1, -0.05) is 0 Å². The maximum Gasteiger partial charge on any atom is 0.131 e. The standard InChI is InChI=1S/C12H12FNO2S/c1-8(15)11-3-2-9(13)4-12(11)16-5-10-6-17-7-14-10/h2-4,6-8,15H,5H2,1H3. The normalized spacial score (nSPS) is 12.4. The van der Waals surface area contributed by atoms with Gasteiger partial charge < -0.3 is 9.84 Å². The van der Waals surface area contributed by atoms with Gasteiger partial charge in [0.2, 0.25) is 0 Å². The molecule has 17 heavy (non-hydrogen) atoms. The van der Waals surface area contributed by atoms with Gasteiger partial charge in [0.1, 0.15) is 18.2 Å². The highest BCUT2D eigenvalue weighted by atomic mass is 32.1. The third kappa shape index (κ3) is 3.01. The lowest BCUT2D eigenvalue weighted by Crippen LogP contribution is -2.01. The van der Waals surface area contributed by atoms with E-state index in [2.05, 4.69) is 4.98 Å². The van der Waals surface area contributed by atoms with Crippen LogP contribution in [0.15, 0.2) is 29.1 Å². The first-order valence-corrected chi connectivity index (χ1v) is 6.08. The van der Waals surface area contributed by atoms with Gasteiger partial charge in [0.25, 0.3) is 0 Å². The molecule has 1 N–H and O–H groups in total. The van der Waals surface area contributed by atoms with Crippen molar-refractivity contribution in [3.05, 3.63) is 46.2 Å². The zero-order chi connectivity index (χ0) is 12.3. The van der Waals surface area contributed by atoms with Gasteiger partial charge in [-0.2, -0.15) is 0 Å². The maximum absolute atomic E-state index is 13.1. The van der Waals surface area contributed by atoms with Crippen molar-refractivity contribution in [2.45, 2.75) is 19.6 Å². The zero-order valence-electron chi connectivity index (χ0n) is 9.26. The van der Waals surface area contributed by atoms with Crippen molar-refractivity contribution < 1.29 is 14.2 Å². The number of aliphatic hydroxyl groups is 1. The van der Waals surface area contributed by atoms with Gasteiger partial charge in [-0.05, 0) is 19.1 Å². The van der Waals surface area contributed by atoms with E-state index in [1.165, 1.54) is 29.5 Å². The van der Waals surface area contributed by atoms with E-state index in [0.717, 1.165) is 5.69 Å². The molecule has 1 heterocycles. The van der Waals surface area contributed by atoms with Crippen LogP contribution in [0.4, 0.5) is 4.39 Å². The fourth-order valence-corrected chi connectivity index (χ4v) is 1.98. The first kappa shape index (κ1) is 12.0. The summed E-state index contributed by atoms with van der Waals surface area (Å²) in [7, 11) is 0. The molecular weight excluding hydrogens is 241 g/mol. The van der Waals surface area contributed by atoms with Gasteiger partial charge in [-0.15, -0.1) is 11.3 Å². The summed E-state index contributed by atoms with van der Waals surface area (Å²) in [5.74, 6) is -0.0318. The molecule has 1 aromatic heterocycles. The number of hydrogen-bond acceptors (Lipinski definition) is 4. The molecule has 0 aliphatic rings. The highest BCUT2D eigenvalue weighted by Gasteiger charge is 2.10. The minimum atomic E-state index is -0.693. The number of aromatic nitrogens is 1. The summed E-state index contributed by atoms with van der Waals surface area (Å²) in [5.41, 5.74) is 3.07. The third-order valence-electron chi connectivity index (χ3n) is 2.28. The molecule has 5 heteroatoms. The molecule has 0 spiro atoms. The Morgan fingerprint density at radius 2 is 2.35 bits per heavy atom. The van der Waals surface area contributed by atoms with E-state index in [1.54, 1.807) is 12.4 Å². The van der Waals surface area contributed by atoms with E-state index in [-0.39, 0.29) is 12.4 Å². The fourth-order valence-electron chi connectivity index (χ4n) is 1.44. The second-order valence-electron chi connectivity index (χ2n) is 3.63. The quantitative estimate of drug-likeness (QED) is 0.911. The predicted octanol–water partition coefficient (Wildman–Crippen LogP) is 2.91. The van der Waals surface area contributed by atoms with Crippen LogP contribution in [-0.4, -0.2) is 10.1 Å². The molecule has 1 atom stereocenters. The van der Waals surface area contributed by atoms with Crippen LogP contribution < -0.4 is 4.74 Å². The van der Waals surface area contributed by atoms with Gasteiger partial charge in [0.15, 0.2) is 0 Å². The topological polar surface area (TPSA) is 42.4 Å². The minimum absolute atomic E-state index is 0.271. The summed E-state index contributed by atoms with van der Waals surface area (Å²) in [4.78, 5) is 4.07. The van der Waals surface area contributed by atoms with Gasteiger partial charge in [0.05, 0.1) is 17.3 Å². The van der Waals surface area contributed by atoms with Crippen LogP contribution in [0, 0.1) is 5.82 Å². The van der Waals surface area contributed by atoms with Crippen LogP contribution >= 0.6 is 11.3 Å². The molecule has 0 aliphatic heterocycles. The maximum atomic E-state index is 13.1. The molecule has 3 nitrogen and oxygen atoms in total. The van der Waals surface area contributed by atoms with Crippen LogP contribution in [0.1, 0.15) is 24.3 Å². The Morgan fingerprint density at radius 1 is 1.53 bits per heavy atom. The number of nitrogens with zero attached hydrogens (tertiary/aromatic N) is 1. The molecule has 90 valence electrons. The largest absolute Gasteiger partial charge is 0.487 e. The molecule has 0 amide bonds. The van der Waals surface area contributed by atoms with Crippen LogP contribution in [0.25, 0.3) is 0 Å².